The second-order valence-electron chi connectivity index (χ2n) is 3.54. The molecule has 0 saturated heterocycles. The second-order valence-corrected chi connectivity index (χ2v) is 3.54. The number of nitrogen functional groups attached to an aromatic ring is 1. The summed E-state index contributed by atoms with van der Waals surface area (Å²) in [6.07, 6.45) is 0. The molecule has 94 valence electrons. The molecule has 6 heteroatoms. The maximum absolute atomic E-state index is 13.4. The smallest absolute Gasteiger partial charge is 0.238 e. The van der Waals surface area contributed by atoms with Gasteiger partial charge < -0.3 is 15.8 Å². The van der Waals surface area contributed by atoms with Gasteiger partial charge in [0, 0.05) is 6.07 Å². The summed E-state index contributed by atoms with van der Waals surface area (Å²) in [5, 5.41) is 2.65. The molecule has 4 nitrogen and oxygen atoms in total. The summed E-state index contributed by atoms with van der Waals surface area (Å²) in [7, 11) is 1.42. The quantitative estimate of drug-likeness (QED) is 0.880. The van der Waals surface area contributed by atoms with E-state index in [1.165, 1.54) is 7.11 Å². The summed E-state index contributed by atoms with van der Waals surface area (Å²) in [4.78, 5) is 4.01. The molecule has 0 spiro atoms. The topological polar surface area (TPSA) is 60.2 Å². The third-order valence-electron chi connectivity index (χ3n) is 2.27. The third kappa shape index (κ3) is 2.48. The average molecular weight is 251 g/mol. The number of benzene rings is 1. The molecule has 2 aromatic rings. The molecule has 0 aliphatic carbocycles. The lowest BCUT2D eigenvalue weighted by molar-refractivity contribution is 0.401. The normalized spacial score (nSPS) is 10.2. The van der Waals surface area contributed by atoms with Crippen molar-refractivity contribution >= 4 is 17.2 Å². The van der Waals surface area contributed by atoms with Crippen molar-refractivity contribution < 1.29 is 13.5 Å². The number of hydrogen-bond acceptors (Lipinski definition) is 4. The standard InChI is InChI=1S/C12H11F2N3O/c1-18-12-9(15)4-5-11(17-12)16-10-6-7(13)2-3-8(10)14/h2-6H,15H2,1H3,(H,16,17). The summed E-state index contributed by atoms with van der Waals surface area (Å²) in [6.45, 7) is 0. The van der Waals surface area contributed by atoms with E-state index >= 15 is 0 Å². The van der Waals surface area contributed by atoms with Gasteiger partial charge in [0.05, 0.1) is 18.5 Å². The maximum atomic E-state index is 13.4. The molecule has 0 atom stereocenters. The predicted octanol–water partition coefficient (Wildman–Crippen LogP) is 2.69. The van der Waals surface area contributed by atoms with E-state index in [4.69, 9.17) is 10.5 Å². The van der Waals surface area contributed by atoms with Crippen LogP contribution in [-0.4, -0.2) is 12.1 Å². The molecule has 1 aromatic carbocycles. The van der Waals surface area contributed by atoms with E-state index in [9.17, 15) is 8.78 Å². The molecular weight excluding hydrogens is 240 g/mol. The van der Waals surface area contributed by atoms with E-state index in [0.29, 0.717) is 11.5 Å². The van der Waals surface area contributed by atoms with Crippen LogP contribution in [0.1, 0.15) is 0 Å². The minimum Gasteiger partial charge on any atom is -0.479 e. The molecule has 0 radical (unpaired) electrons. The average Bonchev–Trinajstić information content (AvgIpc) is 2.36. The number of ether oxygens (including phenoxy) is 1. The van der Waals surface area contributed by atoms with Crippen LogP contribution in [-0.2, 0) is 0 Å². The first-order chi connectivity index (χ1) is 8.60. The molecule has 18 heavy (non-hydrogen) atoms. The fourth-order valence-corrected chi connectivity index (χ4v) is 1.42. The number of hydrogen-bond donors (Lipinski definition) is 2. The lowest BCUT2D eigenvalue weighted by atomic mass is 10.3. The number of aromatic nitrogens is 1. The largest absolute Gasteiger partial charge is 0.479 e. The first kappa shape index (κ1) is 12.1. The van der Waals surface area contributed by atoms with Crippen molar-refractivity contribution in [3.63, 3.8) is 0 Å². The molecule has 0 unspecified atom stereocenters. The van der Waals surface area contributed by atoms with Gasteiger partial charge in [0.2, 0.25) is 5.88 Å². The Hall–Kier alpha value is -2.37. The van der Waals surface area contributed by atoms with Gasteiger partial charge in [-0.05, 0) is 24.3 Å². The predicted molar refractivity (Wildman–Crippen MR) is 64.8 cm³/mol. The maximum Gasteiger partial charge on any atom is 0.238 e. The molecule has 1 aromatic heterocycles. The highest BCUT2D eigenvalue weighted by atomic mass is 19.1. The van der Waals surface area contributed by atoms with E-state index in [-0.39, 0.29) is 11.6 Å². The number of halogens is 2. The van der Waals surface area contributed by atoms with E-state index in [1.807, 2.05) is 0 Å². The first-order valence-electron chi connectivity index (χ1n) is 5.12. The SMILES string of the molecule is COc1nc(Nc2cc(F)ccc2F)ccc1N. The van der Waals surface area contributed by atoms with Crippen molar-refractivity contribution in [2.45, 2.75) is 0 Å². The van der Waals surface area contributed by atoms with E-state index in [1.54, 1.807) is 12.1 Å². The molecule has 0 saturated carbocycles. The van der Waals surface area contributed by atoms with Crippen LogP contribution in [0.5, 0.6) is 5.88 Å². The first-order valence-corrected chi connectivity index (χ1v) is 5.12. The molecule has 3 N–H and O–H groups in total. The van der Waals surface area contributed by atoms with Gasteiger partial charge in [-0.2, -0.15) is 4.98 Å². The Labute approximate surface area is 102 Å². The van der Waals surface area contributed by atoms with E-state index in [2.05, 4.69) is 10.3 Å². The van der Waals surface area contributed by atoms with Crippen molar-refractivity contribution in [2.75, 3.05) is 18.2 Å². The van der Waals surface area contributed by atoms with Crippen molar-refractivity contribution in [3.05, 3.63) is 42.0 Å². The summed E-state index contributed by atoms with van der Waals surface area (Å²) in [5.74, 6) is -0.585. The Morgan fingerprint density at radius 2 is 2.00 bits per heavy atom. The van der Waals surface area contributed by atoms with Gasteiger partial charge in [-0.25, -0.2) is 8.78 Å². The summed E-state index contributed by atoms with van der Waals surface area (Å²) < 4.78 is 31.3. The highest BCUT2D eigenvalue weighted by Crippen LogP contribution is 2.24. The van der Waals surface area contributed by atoms with Crippen molar-refractivity contribution in [2.24, 2.45) is 0 Å². The third-order valence-corrected chi connectivity index (χ3v) is 2.27. The lowest BCUT2D eigenvalue weighted by Gasteiger charge is -2.09. The molecule has 0 aliphatic rings. The van der Waals surface area contributed by atoms with Crippen LogP contribution in [0.3, 0.4) is 0 Å². The Balaban J connectivity index is 2.31. The minimum atomic E-state index is -0.575. The number of pyridine rings is 1. The van der Waals surface area contributed by atoms with Gasteiger partial charge in [0.1, 0.15) is 17.5 Å². The molecule has 1 heterocycles. The van der Waals surface area contributed by atoms with Crippen molar-refractivity contribution in [1.29, 1.82) is 0 Å². The molecule has 0 amide bonds. The summed E-state index contributed by atoms with van der Waals surface area (Å²) in [5.41, 5.74) is 5.96. The zero-order chi connectivity index (χ0) is 13.1. The van der Waals surface area contributed by atoms with Crippen molar-refractivity contribution in [3.8, 4) is 5.88 Å². The number of nitrogens with two attached hydrogens (primary N) is 1. The van der Waals surface area contributed by atoms with Crippen LogP contribution in [0.2, 0.25) is 0 Å². The Kier molecular flexibility index (Phi) is 3.27. The Morgan fingerprint density at radius 3 is 2.72 bits per heavy atom. The molecule has 0 bridgehead atoms. The number of anilines is 3. The molecular formula is C12H11F2N3O. The Bertz CT molecular complexity index is 575. The van der Waals surface area contributed by atoms with Crippen LogP contribution in [0.25, 0.3) is 0 Å². The fraction of sp³-hybridized carbons (Fsp3) is 0.0833. The highest BCUT2D eigenvalue weighted by Gasteiger charge is 2.07. The zero-order valence-electron chi connectivity index (χ0n) is 9.58. The summed E-state index contributed by atoms with van der Waals surface area (Å²) in [6, 6.07) is 6.22. The second kappa shape index (κ2) is 4.87. The van der Waals surface area contributed by atoms with Crippen LogP contribution in [0.4, 0.5) is 26.0 Å². The molecule has 0 aliphatic heterocycles. The molecule has 0 fully saturated rings. The van der Waals surface area contributed by atoms with Gasteiger partial charge in [-0.1, -0.05) is 0 Å². The zero-order valence-corrected chi connectivity index (χ0v) is 9.58. The number of methoxy groups -OCH3 is 1. The van der Waals surface area contributed by atoms with E-state index in [0.717, 1.165) is 18.2 Å². The van der Waals surface area contributed by atoms with Crippen LogP contribution < -0.4 is 15.8 Å². The molecule has 2 rings (SSSR count). The van der Waals surface area contributed by atoms with Gasteiger partial charge in [-0.3, -0.25) is 0 Å². The number of nitrogens with one attached hydrogen (secondary N) is 1. The van der Waals surface area contributed by atoms with Crippen molar-refractivity contribution in [1.82, 2.24) is 4.98 Å². The van der Waals surface area contributed by atoms with E-state index < -0.39 is 11.6 Å². The monoisotopic (exact) mass is 251 g/mol. The van der Waals surface area contributed by atoms with Crippen LogP contribution in [0, 0.1) is 11.6 Å². The Morgan fingerprint density at radius 1 is 1.22 bits per heavy atom. The van der Waals surface area contributed by atoms with Gasteiger partial charge in [0.25, 0.3) is 0 Å². The number of nitrogens with zero attached hydrogens (tertiary/aromatic N) is 1. The van der Waals surface area contributed by atoms with Crippen LogP contribution >= 0.6 is 0 Å². The fourth-order valence-electron chi connectivity index (χ4n) is 1.42. The minimum absolute atomic E-state index is 0.00526. The number of rotatable bonds is 3. The summed E-state index contributed by atoms with van der Waals surface area (Å²) >= 11 is 0. The van der Waals surface area contributed by atoms with Gasteiger partial charge in [0.15, 0.2) is 0 Å². The lowest BCUT2D eigenvalue weighted by Crippen LogP contribution is -2.00. The van der Waals surface area contributed by atoms with Gasteiger partial charge in [-0.15, -0.1) is 0 Å². The van der Waals surface area contributed by atoms with Gasteiger partial charge >= 0.3 is 0 Å². The highest BCUT2D eigenvalue weighted by molar-refractivity contribution is 5.61. The van der Waals surface area contributed by atoms with Crippen LogP contribution in [0.15, 0.2) is 30.3 Å².